The molecule has 0 bridgehead atoms. The van der Waals surface area contributed by atoms with Gasteiger partial charge in [-0.1, -0.05) is 23.7 Å². The second kappa shape index (κ2) is 6.66. The first-order valence-corrected chi connectivity index (χ1v) is 7.38. The number of anilines is 1. The molecule has 3 rings (SSSR count). The largest absolute Gasteiger partial charge is 0.378 e. The van der Waals surface area contributed by atoms with Crippen LogP contribution in [0.25, 0.3) is 0 Å². The lowest BCUT2D eigenvalue weighted by atomic mass is 10.2. The van der Waals surface area contributed by atoms with Crippen molar-refractivity contribution in [2.75, 3.05) is 5.32 Å². The lowest BCUT2D eigenvalue weighted by Gasteiger charge is -2.03. The number of benzene rings is 2. The summed E-state index contributed by atoms with van der Waals surface area (Å²) in [7, 11) is 0. The Labute approximate surface area is 136 Å². The highest BCUT2D eigenvalue weighted by Crippen LogP contribution is 2.10. The first-order valence-electron chi connectivity index (χ1n) is 7.00. The molecule has 0 aliphatic carbocycles. The highest BCUT2D eigenvalue weighted by Gasteiger charge is 2.06. The zero-order valence-corrected chi connectivity index (χ0v) is 12.8. The van der Waals surface area contributed by atoms with Crippen LogP contribution in [0.3, 0.4) is 0 Å². The zero-order chi connectivity index (χ0) is 16.2. The van der Waals surface area contributed by atoms with Gasteiger partial charge in [0, 0.05) is 10.7 Å². The molecule has 1 aromatic heterocycles. The molecule has 0 unspecified atom stereocenters. The SMILES string of the molecule is O=c1[nH]c(CNc2ccc(F)cc2)nn1Cc1ccc(Cl)cc1. The van der Waals surface area contributed by atoms with Crippen LogP contribution in [-0.2, 0) is 13.1 Å². The first-order chi connectivity index (χ1) is 11.1. The zero-order valence-electron chi connectivity index (χ0n) is 12.1. The van der Waals surface area contributed by atoms with Crippen molar-refractivity contribution in [2.24, 2.45) is 0 Å². The van der Waals surface area contributed by atoms with Gasteiger partial charge in [0.05, 0.1) is 13.1 Å². The number of nitrogens with one attached hydrogen (secondary N) is 2. The minimum Gasteiger partial charge on any atom is -0.378 e. The third-order valence-electron chi connectivity index (χ3n) is 3.28. The van der Waals surface area contributed by atoms with Gasteiger partial charge < -0.3 is 5.32 Å². The quantitative estimate of drug-likeness (QED) is 0.755. The van der Waals surface area contributed by atoms with Crippen LogP contribution in [0, 0.1) is 5.82 Å². The van der Waals surface area contributed by atoms with Crippen LogP contribution in [0.15, 0.2) is 53.3 Å². The van der Waals surface area contributed by atoms with Crippen molar-refractivity contribution in [2.45, 2.75) is 13.1 Å². The third kappa shape index (κ3) is 3.98. The second-order valence-corrected chi connectivity index (χ2v) is 5.46. The van der Waals surface area contributed by atoms with Gasteiger partial charge in [0.15, 0.2) is 0 Å². The van der Waals surface area contributed by atoms with Gasteiger partial charge in [-0.05, 0) is 42.0 Å². The highest BCUT2D eigenvalue weighted by molar-refractivity contribution is 6.30. The van der Waals surface area contributed by atoms with Gasteiger partial charge in [0.1, 0.15) is 11.6 Å². The Morgan fingerprint density at radius 1 is 1.13 bits per heavy atom. The van der Waals surface area contributed by atoms with Crippen molar-refractivity contribution in [3.8, 4) is 0 Å². The van der Waals surface area contributed by atoms with Gasteiger partial charge in [0.2, 0.25) is 0 Å². The van der Waals surface area contributed by atoms with Crippen LogP contribution in [0.5, 0.6) is 0 Å². The molecule has 0 amide bonds. The van der Waals surface area contributed by atoms with Crippen molar-refractivity contribution in [1.82, 2.24) is 14.8 Å². The molecule has 7 heteroatoms. The summed E-state index contributed by atoms with van der Waals surface area (Å²) in [6, 6.07) is 13.2. The molecule has 0 saturated heterocycles. The van der Waals surface area contributed by atoms with E-state index in [1.165, 1.54) is 16.8 Å². The van der Waals surface area contributed by atoms with E-state index in [1.54, 1.807) is 24.3 Å². The highest BCUT2D eigenvalue weighted by atomic mass is 35.5. The van der Waals surface area contributed by atoms with E-state index in [0.717, 1.165) is 11.3 Å². The van der Waals surface area contributed by atoms with Gasteiger partial charge >= 0.3 is 5.69 Å². The Kier molecular flexibility index (Phi) is 4.43. The molecular formula is C16H14ClFN4O. The Morgan fingerprint density at radius 3 is 2.52 bits per heavy atom. The fraction of sp³-hybridized carbons (Fsp3) is 0.125. The number of nitrogens with zero attached hydrogens (tertiary/aromatic N) is 2. The molecule has 0 radical (unpaired) electrons. The number of aromatic nitrogens is 3. The van der Waals surface area contributed by atoms with Crippen molar-refractivity contribution in [3.05, 3.63) is 81.2 Å². The molecule has 0 atom stereocenters. The Hall–Kier alpha value is -2.60. The lowest BCUT2D eigenvalue weighted by Crippen LogP contribution is -2.18. The molecule has 1 heterocycles. The molecule has 0 saturated carbocycles. The maximum absolute atomic E-state index is 12.8. The summed E-state index contributed by atoms with van der Waals surface area (Å²) in [5.41, 5.74) is 1.40. The van der Waals surface area contributed by atoms with E-state index in [2.05, 4.69) is 15.4 Å². The molecule has 2 N–H and O–H groups in total. The van der Waals surface area contributed by atoms with Gasteiger partial charge in [-0.15, -0.1) is 0 Å². The Morgan fingerprint density at radius 2 is 1.83 bits per heavy atom. The molecule has 0 aliphatic rings. The molecule has 0 aliphatic heterocycles. The smallest absolute Gasteiger partial charge is 0.343 e. The van der Waals surface area contributed by atoms with E-state index >= 15 is 0 Å². The number of aromatic amines is 1. The van der Waals surface area contributed by atoms with Gasteiger partial charge in [-0.3, -0.25) is 4.98 Å². The summed E-state index contributed by atoms with van der Waals surface area (Å²) in [6.45, 7) is 0.706. The van der Waals surface area contributed by atoms with Crippen molar-refractivity contribution >= 4 is 17.3 Å². The Balaban J connectivity index is 1.67. The summed E-state index contributed by atoms with van der Waals surface area (Å²) < 4.78 is 14.2. The van der Waals surface area contributed by atoms with Gasteiger partial charge in [-0.25, -0.2) is 13.9 Å². The summed E-state index contributed by atoms with van der Waals surface area (Å²) in [4.78, 5) is 14.6. The van der Waals surface area contributed by atoms with E-state index < -0.39 is 0 Å². The van der Waals surface area contributed by atoms with Gasteiger partial charge in [0.25, 0.3) is 0 Å². The minimum absolute atomic E-state index is 0.282. The number of halogens is 2. The molecule has 2 aromatic carbocycles. The summed E-state index contributed by atoms with van der Waals surface area (Å²) in [5, 5.41) is 7.95. The fourth-order valence-electron chi connectivity index (χ4n) is 2.11. The molecule has 5 nitrogen and oxygen atoms in total. The van der Waals surface area contributed by atoms with E-state index in [9.17, 15) is 9.18 Å². The fourth-order valence-corrected chi connectivity index (χ4v) is 2.23. The summed E-state index contributed by atoms with van der Waals surface area (Å²) in [5.74, 6) is 0.212. The van der Waals surface area contributed by atoms with Crippen LogP contribution in [0.2, 0.25) is 5.02 Å². The second-order valence-electron chi connectivity index (χ2n) is 5.02. The van der Waals surface area contributed by atoms with E-state index in [0.29, 0.717) is 23.9 Å². The molecule has 3 aromatic rings. The average molecular weight is 333 g/mol. The molecule has 0 spiro atoms. The lowest BCUT2D eigenvalue weighted by molar-refractivity contribution is 0.628. The monoisotopic (exact) mass is 332 g/mol. The van der Waals surface area contributed by atoms with Crippen LogP contribution in [-0.4, -0.2) is 14.8 Å². The topological polar surface area (TPSA) is 62.7 Å². The number of hydrogen-bond donors (Lipinski definition) is 2. The number of rotatable bonds is 5. The van der Waals surface area contributed by atoms with Crippen molar-refractivity contribution < 1.29 is 4.39 Å². The predicted molar refractivity (Wildman–Crippen MR) is 87.1 cm³/mol. The number of H-pyrrole nitrogens is 1. The van der Waals surface area contributed by atoms with E-state index in [-0.39, 0.29) is 11.5 Å². The van der Waals surface area contributed by atoms with Gasteiger partial charge in [-0.2, -0.15) is 5.10 Å². The average Bonchev–Trinajstić information content (AvgIpc) is 2.89. The Bertz CT molecular complexity index is 840. The summed E-state index contributed by atoms with van der Waals surface area (Å²) >= 11 is 5.84. The van der Waals surface area contributed by atoms with Crippen molar-refractivity contribution in [1.29, 1.82) is 0 Å². The van der Waals surface area contributed by atoms with Crippen LogP contribution < -0.4 is 11.0 Å². The standard InChI is InChI=1S/C16H14ClFN4O/c17-12-3-1-11(2-4-12)10-22-16(23)20-15(21-22)9-19-14-7-5-13(18)6-8-14/h1-8,19H,9-10H2,(H,20,21,23). The van der Waals surface area contributed by atoms with E-state index in [4.69, 9.17) is 11.6 Å². The predicted octanol–water partition coefficient (Wildman–Crippen LogP) is 3.02. The minimum atomic E-state index is -0.295. The normalized spacial score (nSPS) is 10.7. The molecule has 0 fully saturated rings. The molecule has 23 heavy (non-hydrogen) atoms. The molecule has 118 valence electrons. The van der Waals surface area contributed by atoms with Crippen LogP contribution >= 0.6 is 11.6 Å². The number of hydrogen-bond acceptors (Lipinski definition) is 3. The molecular weight excluding hydrogens is 319 g/mol. The van der Waals surface area contributed by atoms with Crippen molar-refractivity contribution in [3.63, 3.8) is 0 Å². The van der Waals surface area contributed by atoms with Crippen LogP contribution in [0.1, 0.15) is 11.4 Å². The maximum Gasteiger partial charge on any atom is 0.343 e. The first kappa shape index (κ1) is 15.3. The summed E-state index contributed by atoms with van der Waals surface area (Å²) in [6.07, 6.45) is 0. The maximum atomic E-state index is 12.8. The van der Waals surface area contributed by atoms with Crippen LogP contribution in [0.4, 0.5) is 10.1 Å². The third-order valence-corrected chi connectivity index (χ3v) is 3.53. The van der Waals surface area contributed by atoms with E-state index in [1.807, 2.05) is 12.1 Å².